The Hall–Kier alpha value is -1.67. The predicted octanol–water partition coefficient (Wildman–Crippen LogP) is 2.96. The number of methoxy groups -OCH3 is 1. The summed E-state index contributed by atoms with van der Waals surface area (Å²) in [5.41, 5.74) is 1.15. The third-order valence-electron chi connectivity index (χ3n) is 3.69. The number of benzene rings is 1. The molecule has 0 aliphatic heterocycles. The van der Waals surface area contributed by atoms with E-state index < -0.39 is 9.84 Å². The number of nitrogens with zero attached hydrogens (tertiary/aromatic N) is 1. The van der Waals surface area contributed by atoms with Gasteiger partial charge in [0.15, 0.2) is 9.84 Å². The Labute approximate surface area is 141 Å². The number of sulfone groups is 1. The Morgan fingerprint density at radius 3 is 2.61 bits per heavy atom. The molecule has 1 heterocycles. The summed E-state index contributed by atoms with van der Waals surface area (Å²) in [5.74, 6) is -0.0965. The van der Waals surface area contributed by atoms with E-state index in [0.29, 0.717) is 15.7 Å². The van der Waals surface area contributed by atoms with Gasteiger partial charge in [-0.1, -0.05) is 5.16 Å². The molecule has 1 saturated carbocycles. The molecule has 0 bridgehead atoms. The average molecular weight is 400 g/mol. The van der Waals surface area contributed by atoms with Crippen LogP contribution in [0.15, 0.2) is 32.3 Å². The zero-order chi connectivity index (χ0) is 16.8. The Kier molecular flexibility index (Phi) is 4.05. The zero-order valence-corrected chi connectivity index (χ0v) is 14.9. The molecule has 2 aromatic rings. The molecular weight excluding hydrogens is 386 g/mol. The van der Waals surface area contributed by atoms with E-state index in [-0.39, 0.29) is 27.9 Å². The highest BCUT2D eigenvalue weighted by Crippen LogP contribution is 2.42. The lowest BCUT2D eigenvalue weighted by molar-refractivity contribution is 0.103. The minimum absolute atomic E-state index is 0.0230. The molecule has 1 aliphatic rings. The second-order valence-corrected chi connectivity index (χ2v) is 8.25. The molecule has 0 amide bonds. The van der Waals surface area contributed by atoms with E-state index in [0.717, 1.165) is 19.1 Å². The van der Waals surface area contributed by atoms with Crippen molar-refractivity contribution in [3.05, 3.63) is 39.7 Å². The molecule has 122 valence electrons. The van der Waals surface area contributed by atoms with Crippen molar-refractivity contribution in [3.63, 3.8) is 0 Å². The Balaban J connectivity index is 2.16. The quantitative estimate of drug-likeness (QED) is 0.718. The number of ether oxygens (including phenoxy) is 1. The molecular formula is C15H14BrNO5S. The SMILES string of the molecule is COc1c(C(=O)c2conc2C2CC2)ccc(Br)c1S(C)(=O)=O. The van der Waals surface area contributed by atoms with Crippen LogP contribution in [0.2, 0.25) is 0 Å². The largest absolute Gasteiger partial charge is 0.495 e. The maximum Gasteiger partial charge on any atom is 0.201 e. The average Bonchev–Trinajstić information content (AvgIpc) is 3.21. The zero-order valence-electron chi connectivity index (χ0n) is 12.5. The highest BCUT2D eigenvalue weighted by molar-refractivity contribution is 9.10. The van der Waals surface area contributed by atoms with E-state index in [1.807, 2.05) is 0 Å². The summed E-state index contributed by atoms with van der Waals surface area (Å²) in [6, 6.07) is 3.06. The molecule has 6 nitrogen and oxygen atoms in total. The van der Waals surface area contributed by atoms with Crippen LogP contribution in [0.5, 0.6) is 5.75 Å². The van der Waals surface area contributed by atoms with Crippen molar-refractivity contribution in [1.82, 2.24) is 5.16 Å². The Bertz CT molecular complexity index is 883. The van der Waals surface area contributed by atoms with Crippen LogP contribution in [0.3, 0.4) is 0 Å². The van der Waals surface area contributed by atoms with Crippen molar-refractivity contribution in [2.45, 2.75) is 23.7 Å². The Morgan fingerprint density at radius 1 is 1.35 bits per heavy atom. The first kappa shape index (κ1) is 16.2. The van der Waals surface area contributed by atoms with E-state index in [9.17, 15) is 13.2 Å². The van der Waals surface area contributed by atoms with Crippen LogP contribution in [0, 0.1) is 0 Å². The minimum Gasteiger partial charge on any atom is -0.495 e. The number of ketones is 1. The first-order valence-corrected chi connectivity index (χ1v) is 9.58. The Morgan fingerprint density at radius 2 is 2.04 bits per heavy atom. The normalized spacial score (nSPS) is 14.7. The maximum absolute atomic E-state index is 12.8. The highest BCUT2D eigenvalue weighted by atomic mass is 79.9. The topological polar surface area (TPSA) is 86.5 Å². The molecule has 0 spiro atoms. The number of carbonyl (C=O) groups excluding carboxylic acids is 1. The van der Waals surface area contributed by atoms with Gasteiger partial charge in [0.05, 0.1) is 23.9 Å². The molecule has 1 aromatic heterocycles. The summed E-state index contributed by atoms with van der Waals surface area (Å²) >= 11 is 3.20. The fourth-order valence-corrected chi connectivity index (χ4v) is 4.62. The lowest BCUT2D eigenvalue weighted by Gasteiger charge is -2.13. The fraction of sp³-hybridized carbons (Fsp3) is 0.333. The summed E-state index contributed by atoms with van der Waals surface area (Å²) in [7, 11) is -2.24. The van der Waals surface area contributed by atoms with Gasteiger partial charge < -0.3 is 9.26 Å². The molecule has 0 atom stereocenters. The van der Waals surface area contributed by atoms with Crippen molar-refractivity contribution >= 4 is 31.6 Å². The molecule has 8 heteroatoms. The second kappa shape index (κ2) is 5.76. The van der Waals surface area contributed by atoms with E-state index >= 15 is 0 Å². The van der Waals surface area contributed by atoms with Crippen LogP contribution in [-0.2, 0) is 9.84 Å². The molecule has 0 radical (unpaired) electrons. The summed E-state index contributed by atoms with van der Waals surface area (Å²) in [6.45, 7) is 0. The van der Waals surface area contributed by atoms with Gasteiger partial charge >= 0.3 is 0 Å². The van der Waals surface area contributed by atoms with Gasteiger partial charge in [0.25, 0.3) is 0 Å². The first-order valence-electron chi connectivity index (χ1n) is 6.90. The van der Waals surface area contributed by atoms with E-state index in [4.69, 9.17) is 9.26 Å². The number of hydrogen-bond acceptors (Lipinski definition) is 6. The third kappa shape index (κ3) is 2.92. The van der Waals surface area contributed by atoms with Gasteiger partial charge in [-0.2, -0.15) is 0 Å². The number of hydrogen-bond donors (Lipinski definition) is 0. The van der Waals surface area contributed by atoms with Crippen LogP contribution in [-0.4, -0.2) is 32.7 Å². The van der Waals surface area contributed by atoms with E-state index in [1.54, 1.807) is 0 Å². The van der Waals surface area contributed by atoms with Gasteiger partial charge in [-0.3, -0.25) is 4.79 Å². The molecule has 0 N–H and O–H groups in total. The monoisotopic (exact) mass is 399 g/mol. The summed E-state index contributed by atoms with van der Waals surface area (Å²) in [6.07, 6.45) is 4.31. The van der Waals surface area contributed by atoms with Gasteiger partial charge in [0, 0.05) is 16.6 Å². The van der Waals surface area contributed by atoms with Crippen molar-refractivity contribution in [2.24, 2.45) is 0 Å². The van der Waals surface area contributed by atoms with E-state index in [1.165, 1.54) is 25.5 Å². The van der Waals surface area contributed by atoms with E-state index in [2.05, 4.69) is 21.1 Å². The second-order valence-electron chi connectivity index (χ2n) is 5.45. The van der Waals surface area contributed by atoms with Gasteiger partial charge in [-0.15, -0.1) is 0 Å². The molecule has 1 aromatic carbocycles. The van der Waals surface area contributed by atoms with Crippen LogP contribution >= 0.6 is 15.9 Å². The van der Waals surface area contributed by atoms with Crippen molar-refractivity contribution in [1.29, 1.82) is 0 Å². The predicted molar refractivity (Wildman–Crippen MR) is 85.7 cm³/mol. The van der Waals surface area contributed by atoms with Gasteiger partial charge in [0.1, 0.15) is 16.9 Å². The molecule has 1 fully saturated rings. The molecule has 0 saturated heterocycles. The number of rotatable bonds is 5. The summed E-state index contributed by atoms with van der Waals surface area (Å²) in [5, 5.41) is 3.90. The molecule has 3 rings (SSSR count). The standard InChI is InChI=1S/C15H14BrNO5S/c1-21-14-9(5-6-11(16)15(14)23(2,19)20)13(18)10-7-22-17-12(10)8-3-4-8/h5-8H,3-4H2,1-2H3. The van der Waals surface area contributed by atoms with Crippen molar-refractivity contribution in [3.8, 4) is 5.75 Å². The van der Waals surface area contributed by atoms with Crippen LogP contribution in [0.4, 0.5) is 0 Å². The third-order valence-corrected chi connectivity index (χ3v) is 5.76. The molecule has 23 heavy (non-hydrogen) atoms. The summed E-state index contributed by atoms with van der Waals surface area (Å²) < 4.78 is 34.6. The fourth-order valence-electron chi connectivity index (χ4n) is 2.48. The lowest BCUT2D eigenvalue weighted by atomic mass is 10.0. The van der Waals surface area contributed by atoms with Crippen LogP contribution in [0.25, 0.3) is 0 Å². The van der Waals surface area contributed by atoms with Gasteiger partial charge in [0.2, 0.25) is 5.78 Å². The smallest absolute Gasteiger partial charge is 0.201 e. The lowest BCUT2D eigenvalue weighted by Crippen LogP contribution is -2.10. The van der Waals surface area contributed by atoms with Gasteiger partial charge in [-0.05, 0) is 40.9 Å². The minimum atomic E-state index is -3.58. The highest BCUT2D eigenvalue weighted by Gasteiger charge is 2.33. The van der Waals surface area contributed by atoms with Crippen LogP contribution < -0.4 is 4.74 Å². The van der Waals surface area contributed by atoms with Crippen molar-refractivity contribution < 1.29 is 22.5 Å². The molecule has 1 aliphatic carbocycles. The van der Waals surface area contributed by atoms with Crippen LogP contribution in [0.1, 0.15) is 40.4 Å². The molecule has 0 unspecified atom stereocenters. The van der Waals surface area contributed by atoms with Crippen molar-refractivity contribution in [2.75, 3.05) is 13.4 Å². The van der Waals surface area contributed by atoms with Gasteiger partial charge in [-0.25, -0.2) is 8.42 Å². The number of halogens is 1. The summed E-state index contributed by atoms with van der Waals surface area (Å²) in [4.78, 5) is 12.8. The number of carbonyl (C=O) groups is 1. The first-order chi connectivity index (χ1) is 10.8. The maximum atomic E-state index is 12.8. The number of aromatic nitrogens is 1.